The average molecular weight is 271 g/mol. The van der Waals surface area contributed by atoms with Gasteiger partial charge in [0, 0.05) is 19.3 Å². The van der Waals surface area contributed by atoms with Gasteiger partial charge in [-0.15, -0.1) is 0 Å². The molecule has 0 aliphatic carbocycles. The van der Waals surface area contributed by atoms with Crippen molar-refractivity contribution in [1.29, 1.82) is 0 Å². The van der Waals surface area contributed by atoms with Crippen LogP contribution in [0.5, 0.6) is 0 Å². The Morgan fingerprint density at radius 1 is 1.33 bits per heavy atom. The monoisotopic (exact) mass is 271 g/mol. The quantitative estimate of drug-likeness (QED) is 0.521. The van der Waals surface area contributed by atoms with E-state index in [0.29, 0.717) is 0 Å². The Hall–Kier alpha value is -2.00. The van der Waals surface area contributed by atoms with Crippen molar-refractivity contribution in [2.75, 3.05) is 12.4 Å². The van der Waals surface area contributed by atoms with E-state index >= 15 is 0 Å². The number of alkyl halides is 5. The number of nitrogens with one attached hydrogen (secondary N) is 1. The van der Waals surface area contributed by atoms with Crippen LogP contribution < -0.4 is 5.32 Å². The van der Waals surface area contributed by atoms with E-state index in [1.165, 1.54) is 7.05 Å². The zero-order valence-corrected chi connectivity index (χ0v) is 8.76. The lowest BCUT2D eigenvalue weighted by atomic mass is 10.1. The van der Waals surface area contributed by atoms with Crippen molar-refractivity contribution in [3.63, 3.8) is 0 Å². The second-order valence-corrected chi connectivity index (χ2v) is 3.17. The number of hydrogen-bond donors (Lipinski definition) is 1. The highest BCUT2D eigenvalue weighted by Gasteiger charge is 2.59. The Morgan fingerprint density at radius 2 is 1.89 bits per heavy atom. The van der Waals surface area contributed by atoms with Gasteiger partial charge in [0.2, 0.25) is 5.82 Å². The molecular weight excluding hydrogens is 265 g/mol. The van der Waals surface area contributed by atoms with Crippen LogP contribution in [0.1, 0.15) is 5.56 Å². The Balaban J connectivity index is 3.37. The molecule has 0 saturated heterocycles. The number of anilines is 1. The topological polar surface area (TPSA) is 68.1 Å². The van der Waals surface area contributed by atoms with E-state index < -0.39 is 34.1 Å². The zero-order chi connectivity index (χ0) is 14.1. The summed E-state index contributed by atoms with van der Waals surface area (Å²) < 4.78 is 62.1. The fourth-order valence-corrected chi connectivity index (χ4v) is 1.12. The first kappa shape index (κ1) is 14.1. The van der Waals surface area contributed by atoms with Gasteiger partial charge >= 0.3 is 17.8 Å². The van der Waals surface area contributed by atoms with Gasteiger partial charge in [0.25, 0.3) is 0 Å². The summed E-state index contributed by atoms with van der Waals surface area (Å²) in [4.78, 5) is 12.6. The summed E-state index contributed by atoms with van der Waals surface area (Å²) in [5.41, 5.74) is -2.54. The van der Waals surface area contributed by atoms with Gasteiger partial charge in [-0.3, -0.25) is 10.1 Å². The molecule has 0 bridgehead atoms. The largest absolute Gasteiger partial charge is 0.458 e. The molecule has 0 amide bonds. The summed E-state index contributed by atoms with van der Waals surface area (Å²) >= 11 is 0. The molecule has 1 aromatic rings. The molecule has 0 atom stereocenters. The third-order valence-corrected chi connectivity index (χ3v) is 2.02. The predicted molar refractivity (Wildman–Crippen MR) is 50.4 cm³/mol. The summed E-state index contributed by atoms with van der Waals surface area (Å²) in [6, 6.07) is 0.145. The molecule has 0 aliphatic rings. The van der Waals surface area contributed by atoms with Crippen LogP contribution in [-0.2, 0) is 5.92 Å². The fourth-order valence-electron chi connectivity index (χ4n) is 1.12. The normalized spacial score (nSPS) is 12.3. The number of nitro groups is 1. The minimum Gasteiger partial charge on any atom is -0.367 e. The van der Waals surface area contributed by atoms with E-state index in [9.17, 15) is 32.1 Å². The smallest absolute Gasteiger partial charge is 0.367 e. The van der Waals surface area contributed by atoms with Crippen LogP contribution in [0.2, 0.25) is 0 Å². The third kappa shape index (κ3) is 2.31. The van der Waals surface area contributed by atoms with Crippen molar-refractivity contribution >= 4 is 11.5 Å². The number of nitrogens with zero attached hydrogens (tertiary/aromatic N) is 2. The van der Waals surface area contributed by atoms with Gasteiger partial charge in [-0.2, -0.15) is 22.0 Å². The molecule has 0 fully saturated rings. The Bertz CT molecular complexity index is 474. The van der Waals surface area contributed by atoms with Crippen LogP contribution in [0.4, 0.5) is 33.5 Å². The molecule has 1 aromatic heterocycles. The van der Waals surface area contributed by atoms with Gasteiger partial charge in [0.15, 0.2) is 0 Å². The second-order valence-electron chi connectivity index (χ2n) is 3.17. The maximum atomic E-state index is 12.9. The number of hydrogen-bond acceptors (Lipinski definition) is 4. The van der Waals surface area contributed by atoms with Crippen molar-refractivity contribution < 1.29 is 26.9 Å². The van der Waals surface area contributed by atoms with E-state index in [-0.39, 0.29) is 12.3 Å². The maximum absolute atomic E-state index is 12.9. The molecule has 0 aromatic carbocycles. The molecule has 10 heteroatoms. The molecule has 1 rings (SSSR count). The number of pyridine rings is 1. The number of halogens is 5. The zero-order valence-electron chi connectivity index (χ0n) is 8.76. The van der Waals surface area contributed by atoms with Gasteiger partial charge < -0.3 is 5.32 Å². The molecule has 0 unspecified atom stereocenters. The van der Waals surface area contributed by atoms with Crippen LogP contribution in [0.15, 0.2) is 12.3 Å². The maximum Gasteiger partial charge on any atom is 0.458 e. The summed E-state index contributed by atoms with van der Waals surface area (Å²) in [7, 11) is 1.22. The highest BCUT2D eigenvalue weighted by molar-refractivity contribution is 5.56. The van der Waals surface area contributed by atoms with Crippen LogP contribution in [0.3, 0.4) is 0 Å². The summed E-state index contributed by atoms with van der Waals surface area (Å²) in [6.07, 6.45) is -5.60. The molecule has 1 heterocycles. The van der Waals surface area contributed by atoms with E-state index in [1.54, 1.807) is 0 Å². The molecule has 100 valence electrons. The Labute approximate surface area is 96.8 Å². The SMILES string of the molecule is CNc1ncc(C(F)(F)C(F)(F)F)cc1[N+](=O)[O-]. The second kappa shape index (κ2) is 4.35. The van der Waals surface area contributed by atoms with Crippen molar-refractivity contribution in [1.82, 2.24) is 4.98 Å². The van der Waals surface area contributed by atoms with E-state index in [0.717, 1.165) is 0 Å². The van der Waals surface area contributed by atoms with Crippen LogP contribution in [0.25, 0.3) is 0 Å². The van der Waals surface area contributed by atoms with Gasteiger partial charge in [-0.1, -0.05) is 0 Å². The van der Waals surface area contributed by atoms with E-state index in [2.05, 4.69) is 10.3 Å². The highest BCUT2D eigenvalue weighted by atomic mass is 19.4. The first-order valence-electron chi connectivity index (χ1n) is 4.38. The predicted octanol–water partition coefficient (Wildman–Crippen LogP) is 2.69. The minimum atomic E-state index is -5.84. The van der Waals surface area contributed by atoms with Gasteiger partial charge in [-0.25, -0.2) is 4.98 Å². The lowest BCUT2D eigenvalue weighted by Gasteiger charge is -2.19. The molecule has 18 heavy (non-hydrogen) atoms. The Kier molecular flexibility index (Phi) is 3.40. The summed E-state index contributed by atoms with van der Waals surface area (Å²) in [5, 5.41) is 12.7. The van der Waals surface area contributed by atoms with Crippen LogP contribution in [0, 0.1) is 10.1 Å². The standard InChI is InChI=1S/C8H6F5N3O2/c1-14-6-5(16(17)18)2-4(3-15-6)7(9,10)8(11,12)13/h2-3H,1H3,(H,14,15). The lowest BCUT2D eigenvalue weighted by molar-refractivity contribution is -0.384. The molecule has 0 spiro atoms. The van der Waals surface area contributed by atoms with Crippen LogP contribution in [-0.4, -0.2) is 23.1 Å². The third-order valence-electron chi connectivity index (χ3n) is 2.02. The van der Waals surface area contributed by atoms with Crippen molar-refractivity contribution in [2.45, 2.75) is 12.1 Å². The molecule has 0 aliphatic heterocycles. The van der Waals surface area contributed by atoms with Gasteiger partial charge in [0.1, 0.15) is 0 Å². The summed E-state index contributed by atoms with van der Waals surface area (Å²) in [6.45, 7) is 0. The van der Waals surface area contributed by atoms with Crippen LogP contribution >= 0.6 is 0 Å². The lowest BCUT2D eigenvalue weighted by Crippen LogP contribution is -2.33. The molecular formula is C8H6F5N3O2. The van der Waals surface area contributed by atoms with Gasteiger partial charge in [-0.05, 0) is 0 Å². The summed E-state index contributed by atoms with van der Waals surface area (Å²) in [5.74, 6) is -5.60. The number of rotatable bonds is 3. The molecule has 5 nitrogen and oxygen atoms in total. The fraction of sp³-hybridized carbons (Fsp3) is 0.375. The molecule has 0 saturated carbocycles. The Morgan fingerprint density at radius 3 is 2.28 bits per heavy atom. The first-order chi connectivity index (χ1) is 8.11. The van der Waals surface area contributed by atoms with E-state index in [1.807, 2.05) is 0 Å². The first-order valence-corrected chi connectivity index (χ1v) is 4.38. The highest BCUT2D eigenvalue weighted by Crippen LogP contribution is 2.44. The van der Waals surface area contributed by atoms with Crippen molar-refractivity contribution in [2.24, 2.45) is 0 Å². The number of aromatic nitrogens is 1. The molecule has 0 radical (unpaired) electrons. The average Bonchev–Trinajstić information content (AvgIpc) is 2.26. The molecule has 1 N–H and O–H groups in total. The van der Waals surface area contributed by atoms with Crippen molar-refractivity contribution in [3.05, 3.63) is 27.9 Å². The minimum absolute atomic E-state index is 0.145. The van der Waals surface area contributed by atoms with Crippen molar-refractivity contribution in [3.8, 4) is 0 Å². The van der Waals surface area contributed by atoms with E-state index in [4.69, 9.17) is 0 Å². The van der Waals surface area contributed by atoms with Gasteiger partial charge in [0.05, 0.1) is 10.5 Å².